The van der Waals surface area contributed by atoms with E-state index in [1.807, 2.05) is 0 Å². The second-order valence-corrected chi connectivity index (χ2v) is 4.15. The van der Waals surface area contributed by atoms with E-state index in [-0.39, 0.29) is 11.6 Å². The fraction of sp³-hybridized carbons (Fsp3) is 0. The molecule has 7 heteroatoms. The Labute approximate surface area is 117 Å². The Morgan fingerprint density at radius 2 is 1.90 bits per heavy atom. The minimum atomic E-state index is -0.579. The van der Waals surface area contributed by atoms with Crippen LogP contribution in [0.4, 0.5) is 5.69 Å². The third-order valence-corrected chi connectivity index (χ3v) is 2.77. The van der Waals surface area contributed by atoms with Crippen LogP contribution in [0.25, 0.3) is 22.9 Å². The molecule has 0 unspecified atom stereocenters. The Hall–Kier alpha value is -3.22. The predicted molar refractivity (Wildman–Crippen MR) is 72.6 cm³/mol. The van der Waals surface area contributed by atoms with E-state index in [1.165, 1.54) is 36.6 Å². The molecule has 0 aliphatic carbocycles. The summed E-state index contributed by atoms with van der Waals surface area (Å²) in [6, 6.07) is 10.1. The van der Waals surface area contributed by atoms with Crippen LogP contribution in [0.5, 0.6) is 0 Å². The highest BCUT2D eigenvalue weighted by molar-refractivity contribution is 5.59. The van der Waals surface area contributed by atoms with E-state index in [4.69, 9.17) is 8.83 Å². The van der Waals surface area contributed by atoms with Crippen molar-refractivity contribution in [2.75, 3.05) is 0 Å². The lowest BCUT2D eigenvalue weighted by atomic mass is 10.2. The molecule has 0 N–H and O–H groups in total. The highest BCUT2D eigenvalue weighted by Gasteiger charge is 2.11. The Morgan fingerprint density at radius 3 is 2.52 bits per heavy atom. The lowest BCUT2D eigenvalue weighted by Crippen LogP contribution is -2.01. The second-order valence-electron chi connectivity index (χ2n) is 4.15. The maximum atomic E-state index is 11.6. The molecule has 0 radical (unpaired) electrons. The SMILES string of the molecule is O=c1cc(-c2ccco2)nc(-c2ccc([N+](=O)[O-])cc2)o1. The molecule has 2 aromatic heterocycles. The molecule has 21 heavy (non-hydrogen) atoms. The molecule has 1 aromatic carbocycles. The van der Waals surface area contributed by atoms with Gasteiger partial charge in [0.1, 0.15) is 5.69 Å². The monoisotopic (exact) mass is 284 g/mol. The van der Waals surface area contributed by atoms with Crippen molar-refractivity contribution in [3.8, 4) is 22.9 Å². The standard InChI is InChI=1S/C14H8N2O5/c17-13-8-11(12-2-1-7-20-12)15-14(21-13)9-3-5-10(6-4-9)16(18)19/h1-8H. The van der Waals surface area contributed by atoms with Gasteiger partial charge >= 0.3 is 5.63 Å². The molecule has 0 aliphatic rings. The lowest BCUT2D eigenvalue weighted by Gasteiger charge is -2.01. The summed E-state index contributed by atoms with van der Waals surface area (Å²) >= 11 is 0. The van der Waals surface area contributed by atoms with Gasteiger partial charge in [0.05, 0.1) is 17.3 Å². The van der Waals surface area contributed by atoms with Gasteiger partial charge in [0.2, 0.25) is 5.89 Å². The molecule has 7 nitrogen and oxygen atoms in total. The van der Waals surface area contributed by atoms with Crippen molar-refractivity contribution >= 4 is 5.69 Å². The van der Waals surface area contributed by atoms with Crippen LogP contribution in [-0.4, -0.2) is 9.91 Å². The number of nitro benzene ring substituents is 1. The Balaban J connectivity index is 2.06. The zero-order valence-electron chi connectivity index (χ0n) is 10.6. The van der Waals surface area contributed by atoms with Crippen molar-refractivity contribution in [1.82, 2.24) is 4.98 Å². The van der Waals surface area contributed by atoms with Gasteiger partial charge in [0, 0.05) is 17.7 Å². The number of furan rings is 1. The summed E-state index contributed by atoms with van der Waals surface area (Å²) in [6.45, 7) is 0. The molecular weight excluding hydrogens is 276 g/mol. The Morgan fingerprint density at radius 1 is 1.14 bits per heavy atom. The Kier molecular flexibility index (Phi) is 3.07. The van der Waals surface area contributed by atoms with E-state index < -0.39 is 10.5 Å². The van der Waals surface area contributed by atoms with Gasteiger partial charge in [-0.15, -0.1) is 0 Å². The first kappa shape index (κ1) is 12.8. The van der Waals surface area contributed by atoms with Crippen molar-refractivity contribution < 1.29 is 13.8 Å². The molecule has 0 amide bonds. The zero-order valence-corrected chi connectivity index (χ0v) is 10.6. The quantitative estimate of drug-likeness (QED) is 0.541. The van der Waals surface area contributed by atoms with Gasteiger partial charge in [-0.1, -0.05) is 0 Å². The van der Waals surface area contributed by atoms with E-state index in [0.29, 0.717) is 17.0 Å². The fourth-order valence-corrected chi connectivity index (χ4v) is 1.80. The molecule has 3 aromatic rings. The minimum absolute atomic E-state index is 0.0525. The van der Waals surface area contributed by atoms with Crippen LogP contribution in [0.3, 0.4) is 0 Å². The molecular formula is C14H8N2O5. The number of nitro groups is 1. The van der Waals surface area contributed by atoms with E-state index in [1.54, 1.807) is 12.1 Å². The number of benzene rings is 1. The van der Waals surface area contributed by atoms with Gasteiger partial charge in [-0.2, -0.15) is 0 Å². The van der Waals surface area contributed by atoms with Gasteiger partial charge in [0.15, 0.2) is 5.76 Å². The first-order valence-corrected chi connectivity index (χ1v) is 5.94. The maximum Gasteiger partial charge on any atom is 0.339 e. The van der Waals surface area contributed by atoms with Gasteiger partial charge in [-0.3, -0.25) is 10.1 Å². The van der Waals surface area contributed by atoms with Crippen molar-refractivity contribution in [2.45, 2.75) is 0 Å². The smallest absolute Gasteiger partial charge is 0.339 e. The van der Waals surface area contributed by atoms with Crippen molar-refractivity contribution in [3.05, 3.63) is 69.3 Å². The molecule has 0 spiro atoms. The third-order valence-electron chi connectivity index (χ3n) is 2.77. The largest absolute Gasteiger partial charge is 0.463 e. The van der Waals surface area contributed by atoms with Gasteiger partial charge in [-0.25, -0.2) is 9.78 Å². The molecule has 0 atom stereocenters. The topological polar surface area (TPSA) is 99.4 Å². The molecule has 0 fully saturated rings. The normalized spacial score (nSPS) is 10.5. The van der Waals surface area contributed by atoms with E-state index >= 15 is 0 Å². The summed E-state index contributed by atoms with van der Waals surface area (Å²) in [6.07, 6.45) is 1.47. The van der Waals surface area contributed by atoms with Crippen LogP contribution in [0.2, 0.25) is 0 Å². The number of hydrogen-bond donors (Lipinski definition) is 0. The third kappa shape index (κ3) is 2.57. The number of aromatic nitrogens is 1. The average Bonchev–Trinajstić information content (AvgIpc) is 3.01. The molecule has 0 saturated carbocycles. The van der Waals surface area contributed by atoms with Crippen molar-refractivity contribution in [3.63, 3.8) is 0 Å². The van der Waals surface area contributed by atoms with E-state index in [9.17, 15) is 14.9 Å². The van der Waals surface area contributed by atoms with Crippen molar-refractivity contribution in [1.29, 1.82) is 0 Å². The summed E-state index contributed by atoms with van der Waals surface area (Å²) in [5, 5.41) is 10.6. The summed E-state index contributed by atoms with van der Waals surface area (Å²) in [7, 11) is 0. The molecule has 0 saturated heterocycles. The maximum absolute atomic E-state index is 11.6. The molecule has 0 aliphatic heterocycles. The van der Waals surface area contributed by atoms with Crippen LogP contribution < -0.4 is 5.63 Å². The first-order chi connectivity index (χ1) is 10.1. The van der Waals surface area contributed by atoms with Crippen molar-refractivity contribution in [2.24, 2.45) is 0 Å². The highest BCUT2D eigenvalue weighted by atomic mass is 16.6. The minimum Gasteiger partial charge on any atom is -0.463 e. The van der Waals surface area contributed by atoms with Crippen LogP contribution >= 0.6 is 0 Å². The average molecular weight is 284 g/mol. The number of rotatable bonds is 3. The number of non-ortho nitro benzene ring substituents is 1. The van der Waals surface area contributed by atoms with Gasteiger partial charge < -0.3 is 8.83 Å². The van der Waals surface area contributed by atoms with Crippen LogP contribution in [0.15, 0.2) is 62.4 Å². The fourth-order valence-electron chi connectivity index (χ4n) is 1.80. The second kappa shape index (κ2) is 5.04. The number of hydrogen-bond acceptors (Lipinski definition) is 6. The summed E-state index contributed by atoms with van der Waals surface area (Å²) < 4.78 is 10.2. The molecule has 3 rings (SSSR count). The summed E-state index contributed by atoms with van der Waals surface area (Å²) in [5.41, 5.74) is 0.170. The predicted octanol–water partition coefficient (Wildman–Crippen LogP) is 2.87. The van der Waals surface area contributed by atoms with Gasteiger partial charge in [-0.05, 0) is 24.3 Å². The summed E-state index contributed by atoms with van der Waals surface area (Å²) in [5.74, 6) is 0.509. The van der Waals surface area contributed by atoms with Crippen LogP contribution in [0.1, 0.15) is 0 Å². The molecule has 0 bridgehead atoms. The Bertz CT molecular complexity index is 835. The van der Waals surface area contributed by atoms with E-state index in [0.717, 1.165) is 0 Å². The van der Waals surface area contributed by atoms with Crippen LogP contribution in [0, 0.1) is 10.1 Å². The zero-order chi connectivity index (χ0) is 14.8. The summed E-state index contributed by atoms with van der Waals surface area (Å²) in [4.78, 5) is 25.9. The molecule has 2 heterocycles. The highest BCUT2D eigenvalue weighted by Crippen LogP contribution is 2.23. The first-order valence-electron chi connectivity index (χ1n) is 5.94. The van der Waals surface area contributed by atoms with E-state index in [2.05, 4.69) is 4.98 Å². The number of nitrogens with zero attached hydrogens (tertiary/aromatic N) is 2. The molecule has 104 valence electrons. The lowest BCUT2D eigenvalue weighted by molar-refractivity contribution is -0.384. The van der Waals surface area contributed by atoms with Crippen LogP contribution in [-0.2, 0) is 0 Å². The van der Waals surface area contributed by atoms with Gasteiger partial charge in [0.25, 0.3) is 5.69 Å².